The van der Waals surface area contributed by atoms with Crippen LogP contribution in [0.4, 0.5) is 0 Å². The summed E-state index contributed by atoms with van der Waals surface area (Å²) < 4.78 is 0. The summed E-state index contributed by atoms with van der Waals surface area (Å²) in [5.41, 5.74) is 1.32. The topological polar surface area (TPSA) is 35.5 Å². The van der Waals surface area contributed by atoms with Crippen LogP contribution in [0.5, 0.6) is 0 Å². The first-order valence-corrected chi connectivity index (χ1v) is 5.95. The normalized spacial score (nSPS) is 24.2. The summed E-state index contributed by atoms with van der Waals surface area (Å²) in [7, 11) is 0. The summed E-state index contributed by atoms with van der Waals surface area (Å²) in [5.74, 6) is 0. The average molecular weight is 220 g/mol. The zero-order valence-corrected chi connectivity index (χ0v) is 9.76. The predicted octanol–water partition coefficient (Wildman–Crippen LogP) is 1.01. The Kier molecular flexibility index (Phi) is 3.93. The second kappa shape index (κ2) is 5.43. The van der Waals surface area contributed by atoms with Gasteiger partial charge in [0, 0.05) is 31.7 Å². The Balaban J connectivity index is 2.10. The predicted molar refractivity (Wildman–Crippen MR) is 65.3 cm³/mol. The lowest BCUT2D eigenvalue weighted by atomic mass is 10.0. The summed E-state index contributed by atoms with van der Waals surface area (Å²) >= 11 is 0. The fourth-order valence-electron chi connectivity index (χ4n) is 2.38. The second-order valence-electron chi connectivity index (χ2n) is 4.37. The quantitative estimate of drug-likeness (QED) is 0.798. The molecule has 2 atom stereocenters. The van der Waals surface area contributed by atoms with Gasteiger partial charge in [0.25, 0.3) is 0 Å². The maximum absolute atomic E-state index is 9.38. The molecule has 1 heterocycles. The number of benzene rings is 1. The van der Waals surface area contributed by atoms with Crippen molar-refractivity contribution in [3.05, 3.63) is 35.9 Å². The molecule has 1 aliphatic rings. The third-order valence-corrected chi connectivity index (χ3v) is 3.39. The van der Waals surface area contributed by atoms with Crippen molar-refractivity contribution in [1.29, 1.82) is 0 Å². The molecule has 2 rings (SSSR count). The van der Waals surface area contributed by atoms with Gasteiger partial charge in [0.2, 0.25) is 0 Å². The van der Waals surface area contributed by atoms with Crippen LogP contribution < -0.4 is 5.32 Å². The fraction of sp³-hybridized carbons (Fsp3) is 0.538. The van der Waals surface area contributed by atoms with Crippen molar-refractivity contribution in [2.24, 2.45) is 0 Å². The van der Waals surface area contributed by atoms with E-state index in [4.69, 9.17) is 0 Å². The zero-order chi connectivity index (χ0) is 11.4. The molecule has 0 amide bonds. The standard InChI is InChI=1S/C13H20N2O/c1-11(12-5-3-2-4-6-12)15-8-7-14-9-13(15)10-16/h2-6,11,13-14,16H,7-10H2,1H3. The van der Waals surface area contributed by atoms with Crippen LogP contribution in [0.1, 0.15) is 18.5 Å². The van der Waals surface area contributed by atoms with Crippen molar-refractivity contribution in [3.8, 4) is 0 Å². The van der Waals surface area contributed by atoms with E-state index in [2.05, 4.69) is 41.4 Å². The Labute approximate surface area is 97.1 Å². The monoisotopic (exact) mass is 220 g/mol. The number of nitrogens with one attached hydrogen (secondary N) is 1. The molecule has 2 N–H and O–H groups in total. The number of piperazine rings is 1. The Morgan fingerprint density at radius 1 is 1.44 bits per heavy atom. The Hall–Kier alpha value is -0.900. The first kappa shape index (κ1) is 11.6. The third-order valence-electron chi connectivity index (χ3n) is 3.39. The smallest absolute Gasteiger partial charge is 0.0599 e. The van der Waals surface area contributed by atoms with Crippen LogP contribution in [-0.2, 0) is 0 Å². The highest BCUT2D eigenvalue weighted by molar-refractivity contribution is 5.18. The van der Waals surface area contributed by atoms with E-state index in [-0.39, 0.29) is 12.6 Å². The molecule has 1 saturated heterocycles. The molecule has 16 heavy (non-hydrogen) atoms. The number of aliphatic hydroxyl groups excluding tert-OH is 1. The van der Waals surface area contributed by atoms with Crippen molar-refractivity contribution in [2.45, 2.75) is 19.0 Å². The van der Waals surface area contributed by atoms with Gasteiger partial charge in [-0.15, -0.1) is 0 Å². The lowest BCUT2D eigenvalue weighted by Gasteiger charge is -2.39. The van der Waals surface area contributed by atoms with Gasteiger partial charge in [0.1, 0.15) is 0 Å². The van der Waals surface area contributed by atoms with Crippen molar-refractivity contribution < 1.29 is 5.11 Å². The zero-order valence-electron chi connectivity index (χ0n) is 9.76. The Bertz CT molecular complexity index is 315. The molecule has 1 fully saturated rings. The number of rotatable bonds is 3. The maximum atomic E-state index is 9.38. The van der Waals surface area contributed by atoms with Crippen molar-refractivity contribution in [3.63, 3.8) is 0 Å². The number of nitrogens with zero attached hydrogens (tertiary/aromatic N) is 1. The number of hydrogen-bond donors (Lipinski definition) is 2. The summed E-state index contributed by atoms with van der Waals surface area (Å²) in [6.07, 6.45) is 0. The fourth-order valence-corrected chi connectivity index (χ4v) is 2.38. The number of hydrogen-bond acceptors (Lipinski definition) is 3. The van der Waals surface area contributed by atoms with Gasteiger partial charge >= 0.3 is 0 Å². The highest BCUT2D eigenvalue weighted by Crippen LogP contribution is 2.22. The van der Waals surface area contributed by atoms with E-state index < -0.39 is 0 Å². The van der Waals surface area contributed by atoms with Gasteiger partial charge in [-0.05, 0) is 12.5 Å². The van der Waals surface area contributed by atoms with E-state index in [9.17, 15) is 5.11 Å². The van der Waals surface area contributed by atoms with Gasteiger partial charge in [0.15, 0.2) is 0 Å². The molecule has 3 nitrogen and oxygen atoms in total. The lowest BCUT2D eigenvalue weighted by Crippen LogP contribution is -2.53. The van der Waals surface area contributed by atoms with Gasteiger partial charge < -0.3 is 10.4 Å². The minimum absolute atomic E-state index is 0.226. The van der Waals surface area contributed by atoms with Crippen LogP contribution in [0.25, 0.3) is 0 Å². The molecule has 1 aliphatic heterocycles. The van der Waals surface area contributed by atoms with Crippen LogP contribution in [0.2, 0.25) is 0 Å². The van der Waals surface area contributed by atoms with Gasteiger partial charge in [-0.25, -0.2) is 0 Å². The van der Waals surface area contributed by atoms with E-state index in [1.807, 2.05) is 6.07 Å². The summed E-state index contributed by atoms with van der Waals surface area (Å²) in [4.78, 5) is 2.38. The third kappa shape index (κ3) is 2.43. The second-order valence-corrected chi connectivity index (χ2v) is 4.37. The molecule has 0 spiro atoms. The van der Waals surface area contributed by atoms with E-state index in [0.29, 0.717) is 6.04 Å². The van der Waals surface area contributed by atoms with Crippen LogP contribution in [0, 0.1) is 0 Å². The summed E-state index contributed by atoms with van der Waals surface area (Å²) in [6, 6.07) is 11.1. The summed E-state index contributed by atoms with van der Waals surface area (Å²) in [6.45, 7) is 5.33. The SMILES string of the molecule is CC(c1ccccc1)N1CCNCC1CO. The van der Waals surface area contributed by atoms with Gasteiger partial charge in [0.05, 0.1) is 6.61 Å². The van der Waals surface area contributed by atoms with Gasteiger partial charge in [-0.3, -0.25) is 4.90 Å². The van der Waals surface area contributed by atoms with Crippen molar-refractivity contribution in [1.82, 2.24) is 10.2 Å². The van der Waals surface area contributed by atoms with E-state index >= 15 is 0 Å². The molecule has 88 valence electrons. The van der Waals surface area contributed by atoms with E-state index in [1.165, 1.54) is 5.56 Å². The Morgan fingerprint density at radius 2 is 2.19 bits per heavy atom. The van der Waals surface area contributed by atoms with Crippen molar-refractivity contribution >= 4 is 0 Å². The van der Waals surface area contributed by atoms with Gasteiger partial charge in [-0.2, -0.15) is 0 Å². The molecule has 1 aromatic carbocycles. The highest BCUT2D eigenvalue weighted by Gasteiger charge is 2.26. The lowest BCUT2D eigenvalue weighted by molar-refractivity contribution is 0.0687. The van der Waals surface area contributed by atoms with E-state index in [1.54, 1.807) is 0 Å². The molecule has 2 unspecified atom stereocenters. The maximum Gasteiger partial charge on any atom is 0.0599 e. The van der Waals surface area contributed by atoms with E-state index in [0.717, 1.165) is 19.6 Å². The molecule has 0 saturated carbocycles. The minimum atomic E-state index is 0.226. The number of aliphatic hydroxyl groups is 1. The summed E-state index contributed by atoms with van der Waals surface area (Å²) in [5, 5.41) is 12.7. The van der Waals surface area contributed by atoms with Crippen LogP contribution in [-0.4, -0.2) is 42.3 Å². The first-order chi connectivity index (χ1) is 7.83. The Morgan fingerprint density at radius 3 is 2.88 bits per heavy atom. The average Bonchev–Trinajstić information content (AvgIpc) is 2.39. The molecular weight excluding hydrogens is 200 g/mol. The molecular formula is C13H20N2O. The van der Waals surface area contributed by atoms with Crippen LogP contribution in [0.3, 0.4) is 0 Å². The van der Waals surface area contributed by atoms with Crippen molar-refractivity contribution in [2.75, 3.05) is 26.2 Å². The molecule has 0 aliphatic carbocycles. The minimum Gasteiger partial charge on any atom is -0.395 e. The molecule has 0 radical (unpaired) electrons. The molecule has 0 aromatic heterocycles. The molecule has 3 heteroatoms. The largest absolute Gasteiger partial charge is 0.395 e. The van der Waals surface area contributed by atoms with Gasteiger partial charge in [-0.1, -0.05) is 30.3 Å². The van der Waals surface area contributed by atoms with Crippen LogP contribution in [0.15, 0.2) is 30.3 Å². The molecule has 0 bridgehead atoms. The molecule has 1 aromatic rings. The first-order valence-electron chi connectivity index (χ1n) is 5.95. The highest BCUT2D eigenvalue weighted by atomic mass is 16.3. The van der Waals surface area contributed by atoms with Crippen LogP contribution >= 0.6 is 0 Å².